The molecule has 2 aliphatic rings. The molecule has 114 valence electrons. The summed E-state index contributed by atoms with van der Waals surface area (Å²) in [5, 5.41) is 4.60. The smallest absolute Gasteiger partial charge is 0.313 e. The first-order chi connectivity index (χ1) is 10.5. The lowest BCUT2D eigenvalue weighted by Crippen LogP contribution is -2.32. The van der Waals surface area contributed by atoms with Gasteiger partial charge in [0.05, 0.1) is 11.1 Å². The average molecular weight is 301 g/mol. The Labute approximate surface area is 126 Å². The van der Waals surface area contributed by atoms with Crippen molar-refractivity contribution in [3.8, 4) is 0 Å². The van der Waals surface area contributed by atoms with Gasteiger partial charge in [-0.25, -0.2) is 0 Å². The molecule has 22 heavy (non-hydrogen) atoms. The highest BCUT2D eigenvalue weighted by Gasteiger charge is 2.38. The first-order valence-electron chi connectivity index (χ1n) is 7.04. The molecule has 0 unspecified atom stereocenters. The Morgan fingerprint density at radius 2 is 1.82 bits per heavy atom. The summed E-state index contributed by atoms with van der Waals surface area (Å²) in [4.78, 5) is 48.5. The highest BCUT2D eigenvalue weighted by molar-refractivity contribution is 6.39. The Morgan fingerprint density at radius 3 is 2.45 bits per heavy atom. The van der Waals surface area contributed by atoms with Crippen LogP contribution in [0.4, 0.5) is 5.69 Å². The molecule has 0 spiro atoms. The van der Waals surface area contributed by atoms with Crippen LogP contribution >= 0.6 is 0 Å². The fourth-order valence-corrected chi connectivity index (χ4v) is 2.39. The van der Waals surface area contributed by atoms with Crippen molar-refractivity contribution in [3.05, 3.63) is 29.3 Å². The average Bonchev–Trinajstić information content (AvgIpc) is 3.30. The van der Waals surface area contributed by atoms with E-state index in [-0.39, 0.29) is 17.4 Å². The summed E-state index contributed by atoms with van der Waals surface area (Å²) in [5.41, 5.74) is 0.908. The van der Waals surface area contributed by atoms with Crippen molar-refractivity contribution >= 4 is 29.3 Å². The molecule has 1 aliphatic carbocycles. The summed E-state index contributed by atoms with van der Waals surface area (Å²) in [7, 11) is 1.35. The first kappa shape index (κ1) is 14.2. The van der Waals surface area contributed by atoms with E-state index in [0.717, 1.165) is 12.8 Å². The Bertz CT molecular complexity index is 694. The minimum absolute atomic E-state index is 0.264. The van der Waals surface area contributed by atoms with E-state index in [2.05, 4.69) is 10.6 Å². The summed E-state index contributed by atoms with van der Waals surface area (Å²) in [5.74, 6) is -1.83. The van der Waals surface area contributed by atoms with E-state index in [9.17, 15) is 19.2 Å². The van der Waals surface area contributed by atoms with Gasteiger partial charge in [-0.05, 0) is 37.0 Å². The molecule has 0 bridgehead atoms. The molecule has 0 saturated heterocycles. The van der Waals surface area contributed by atoms with Crippen molar-refractivity contribution in [1.29, 1.82) is 0 Å². The van der Waals surface area contributed by atoms with Gasteiger partial charge < -0.3 is 10.6 Å². The Morgan fingerprint density at radius 1 is 1.14 bits per heavy atom. The van der Waals surface area contributed by atoms with Crippen molar-refractivity contribution in [2.75, 3.05) is 18.9 Å². The van der Waals surface area contributed by atoms with Crippen LogP contribution in [0.25, 0.3) is 0 Å². The maximum atomic E-state index is 12.3. The SMILES string of the molecule is CNC(=O)C(=O)Nc1ccc2c(c1)C(=O)N(CC1CC1)C2=O. The van der Waals surface area contributed by atoms with Gasteiger partial charge in [0.25, 0.3) is 11.8 Å². The van der Waals surface area contributed by atoms with Crippen LogP contribution in [-0.2, 0) is 9.59 Å². The summed E-state index contributed by atoms with van der Waals surface area (Å²) >= 11 is 0. The predicted molar refractivity (Wildman–Crippen MR) is 77.2 cm³/mol. The monoisotopic (exact) mass is 301 g/mol. The van der Waals surface area contributed by atoms with E-state index < -0.39 is 11.8 Å². The molecule has 7 heteroatoms. The Balaban J connectivity index is 1.81. The molecule has 1 aromatic carbocycles. The van der Waals surface area contributed by atoms with Crippen molar-refractivity contribution in [3.63, 3.8) is 0 Å². The van der Waals surface area contributed by atoms with Gasteiger partial charge in [0.2, 0.25) is 0 Å². The zero-order valence-corrected chi connectivity index (χ0v) is 12.0. The van der Waals surface area contributed by atoms with Gasteiger partial charge >= 0.3 is 11.8 Å². The quantitative estimate of drug-likeness (QED) is 0.623. The molecule has 1 aromatic rings. The van der Waals surface area contributed by atoms with E-state index in [1.807, 2.05) is 0 Å². The zero-order chi connectivity index (χ0) is 15.9. The third-order valence-electron chi connectivity index (χ3n) is 3.80. The zero-order valence-electron chi connectivity index (χ0n) is 12.0. The number of nitrogens with zero attached hydrogens (tertiary/aromatic N) is 1. The van der Waals surface area contributed by atoms with Crippen LogP contribution in [0.5, 0.6) is 0 Å². The highest BCUT2D eigenvalue weighted by atomic mass is 16.2. The van der Waals surface area contributed by atoms with Crippen LogP contribution < -0.4 is 10.6 Å². The highest BCUT2D eigenvalue weighted by Crippen LogP contribution is 2.33. The molecular formula is C15H15N3O4. The lowest BCUT2D eigenvalue weighted by molar-refractivity contribution is -0.135. The van der Waals surface area contributed by atoms with Crippen LogP contribution in [0.3, 0.4) is 0 Å². The summed E-state index contributed by atoms with van der Waals surface area (Å²) in [6.07, 6.45) is 2.09. The minimum atomic E-state index is -0.825. The van der Waals surface area contributed by atoms with Crippen LogP contribution in [0.15, 0.2) is 18.2 Å². The van der Waals surface area contributed by atoms with Gasteiger partial charge in [-0.3, -0.25) is 24.1 Å². The van der Waals surface area contributed by atoms with E-state index in [1.165, 1.54) is 30.1 Å². The lowest BCUT2D eigenvalue weighted by atomic mass is 10.1. The van der Waals surface area contributed by atoms with E-state index in [4.69, 9.17) is 0 Å². The minimum Gasteiger partial charge on any atom is -0.351 e. The van der Waals surface area contributed by atoms with Gasteiger partial charge in [-0.15, -0.1) is 0 Å². The van der Waals surface area contributed by atoms with Gasteiger partial charge in [-0.1, -0.05) is 0 Å². The fraction of sp³-hybridized carbons (Fsp3) is 0.333. The number of fused-ring (bicyclic) bond motifs is 1. The number of amides is 4. The second-order valence-electron chi connectivity index (χ2n) is 5.46. The summed E-state index contributed by atoms with van der Waals surface area (Å²) < 4.78 is 0. The number of nitrogens with one attached hydrogen (secondary N) is 2. The number of benzene rings is 1. The first-order valence-corrected chi connectivity index (χ1v) is 7.04. The number of rotatable bonds is 3. The maximum absolute atomic E-state index is 12.3. The Hall–Kier alpha value is -2.70. The van der Waals surface area contributed by atoms with Crippen molar-refractivity contribution in [2.45, 2.75) is 12.8 Å². The number of hydrogen-bond acceptors (Lipinski definition) is 4. The van der Waals surface area contributed by atoms with E-state index in [0.29, 0.717) is 23.7 Å². The summed E-state index contributed by atoms with van der Waals surface area (Å²) in [6, 6.07) is 4.44. The van der Waals surface area contributed by atoms with Crippen LogP contribution in [-0.4, -0.2) is 42.1 Å². The standard InChI is InChI=1S/C15H15N3O4/c1-16-12(19)13(20)17-9-4-5-10-11(6-9)15(22)18(14(10)21)7-8-2-3-8/h4-6,8H,2-3,7H2,1H3,(H,16,19)(H,17,20). The normalized spacial score (nSPS) is 16.5. The molecule has 3 rings (SSSR count). The van der Waals surface area contributed by atoms with Crippen molar-refractivity contribution in [1.82, 2.24) is 10.2 Å². The topological polar surface area (TPSA) is 95.6 Å². The largest absolute Gasteiger partial charge is 0.351 e. The third-order valence-corrected chi connectivity index (χ3v) is 3.80. The maximum Gasteiger partial charge on any atom is 0.313 e. The number of carbonyl (C=O) groups is 4. The molecule has 0 aromatic heterocycles. The van der Waals surface area contributed by atoms with Crippen molar-refractivity contribution in [2.24, 2.45) is 5.92 Å². The molecule has 1 aliphatic heterocycles. The molecule has 7 nitrogen and oxygen atoms in total. The lowest BCUT2D eigenvalue weighted by Gasteiger charge is -2.12. The Kier molecular flexibility index (Phi) is 3.40. The van der Waals surface area contributed by atoms with Gasteiger partial charge in [0.1, 0.15) is 0 Å². The predicted octanol–water partition coefficient (Wildman–Crippen LogP) is 0.377. The van der Waals surface area contributed by atoms with Crippen LogP contribution in [0.1, 0.15) is 33.6 Å². The van der Waals surface area contributed by atoms with Crippen LogP contribution in [0.2, 0.25) is 0 Å². The molecule has 1 saturated carbocycles. The molecule has 0 radical (unpaired) electrons. The second-order valence-corrected chi connectivity index (χ2v) is 5.46. The van der Waals surface area contributed by atoms with Gasteiger partial charge in [-0.2, -0.15) is 0 Å². The van der Waals surface area contributed by atoms with Gasteiger partial charge in [0, 0.05) is 19.3 Å². The molecule has 1 heterocycles. The number of hydrogen-bond donors (Lipinski definition) is 2. The van der Waals surface area contributed by atoms with E-state index >= 15 is 0 Å². The number of anilines is 1. The molecule has 0 atom stereocenters. The van der Waals surface area contributed by atoms with Crippen LogP contribution in [0, 0.1) is 5.92 Å². The number of likely N-dealkylation sites (N-methyl/N-ethyl adjacent to an activating group) is 1. The molecule has 1 fully saturated rings. The fourth-order valence-electron chi connectivity index (χ4n) is 2.39. The van der Waals surface area contributed by atoms with Gasteiger partial charge in [0.15, 0.2) is 0 Å². The second kappa shape index (κ2) is 5.25. The number of imide groups is 1. The van der Waals surface area contributed by atoms with E-state index in [1.54, 1.807) is 0 Å². The molecule has 4 amide bonds. The van der Waals surface area contributed by atoms with Crippen molar-refractivity contribution < 1.29 is 19.2 Å². The molecule has 2 N–H and O–H groups in total. The third kappa shape index (κ3) is 2.45. The summed E-state index contributed by atoms with van der Waals surface area (Å²) in [6.45, 7) is 0.451. The molecular weight excluding hydrogens is 286 g/mol. The number of carbonyl (C=O) groups excluding carboxylic acids is 4.